The number of rotatable bonds is 1. The predicted octanol–water partition coefficient (Wildman–Crippen LogP) is 1.02. The van der Waals surface area contributed by atoms with Crippen molar-refractivity contribution in [1.29, 1.82) is 0 Å². The van der Waals surface area contributed by atoms with Crippen LogP contribution in [-0.2, 0) is 0 Å². The molecule has 2 aromatic rings. The van der Waals surface area contributed by atoms with Crippen LogP contribution in [0.25, 0.3) is 11.5 Å². The van der Waals surface area contributed by atoms with Crippen molar-refractivity contribution in [3.05, 3.63) is 24.2 Å². The van der Waals surface area contributed by atoms with Crippen LogP contribution in [0, 0.1) is 6.92 Å². The second kappa shape index (κ2) is 2.85. The smallest absolute Gasteiger partial charge is 0.261 e. The minimum absolute atomic E-state index is 0.395. The van der Waals surface area contributed by atoms with Gasteiger partial charge in [0.25, 0.3) is 5.89 Å². The van der Waals surface area contributed by atoms with Crippen molar-refractivity contribution in [2.45, 2.75) is 6.92 Å². The van der Waals surface area contributed by atoms with E-state index in [2.05, 4.69) is 15.1 Å². The molecule has 66 valence electrons. The third-order valence-electron chi connectivity index (χ3n) is 1.60. The second-order valence-corrected chi connectivity index (χ2v) is 2.58. The molecule has 2 N–H and O–H groups in total. The van der Waals surface area contributed by atoms with E-state index in [1.165, 1.54) is 0 Å². The van der Waals surface area contributed by atoms with E-state index in [0.717, 1.165) is 0 Å². The third kappa shape index (κ3) is 1.35. The predicted molar refractivity (Wildman–Crippen MR) is 46.7 cm³/mol. The van der Waals surface area contributed by atoms with Gasteiger partial charge < -0.3 is 10.3 Å². The first-order valence-corrected chi connectivity index (χ1v) is 3.78. The van der Waals surface area contributed by atoms with Crippen molar-refractivity contribution in [2.24, 2.45) is 0 Å². The van der Waals surface area contributed by atoms with Gasteiger partial charge in [-0.3, -0.25) is 0 Å². The highest BCUT2D eigenvalue weighted by molar-refractivity contribution is 5.66. The molecule has 2 heterocycles. The fourth-order valence-corrected chi connectivity index (χ4v) is 1.00. The average Bonchev–Trinajstić information content (AvgIpc) is 2.53. The maximum absolute atomic E-state index is 5.62. The lowest BCUT2D eigenvalue weighted by Crippen LogP contribution is -1.92. The fourth-order valence-electron chi connectivity index (χ4n) is 1.00. The largest absolute Gasteiger partial charge is 0.383 e. The standard InChI is InChI=1S/C8H8N4O/c1-5-11-8(13-12-5)6-3-2-4-10-7(6)9/h2-4H,1H3,(H2,9,10). The molecule has 13 heavy (non-hydrogen) atoms. The van der Waals surface area contributed by atoms with E-state index >= 15 is 0 Å². The molecule has 0 atom stereocenters. The van der Waals surface area contributed by atoms with Gasteiger partial charge in [-0.05, 0) is 19.1 Å². The summed E-state index contributed by atoms with van der Waals surface area (Å²) < 4.78 is 4.95. The molecule has 0 spiro atoms. The molecular weight excluding hydrogens is 168 g/mol. The van der Waals surface area contributed by atoms with Crippen molar-refractivity contribution in [1.82, 2.24) is 15.1 Å². The van der Waals surface area contributed by atoms with Gasteiger partial charge in [0.15, 0.2) is 5.82 Å². The molecule has 0 amide bonds. The number of pyridine rings is 1. The summed E-state index contributed by atoms with van der Waals surface area (Å²) in [6, 6.07) is 3.56. The molecular formula is C8H8N4O. The van der Waals surface area contributed by atoms with Gasteiger partial charge in [-0.25, -0.2) is 4.98 Å². The molecule has 5 nitrogen and oxygen atoms in total. The molecule has 5 heteroatoms. The summed E-state index contributed by atoms with van der Waals surface area (Å²) in [6.07, 6.45) is 1.61. The van der Waals surface area contributed by atoms with Gasteiger partial charge >= 0.3 is 0 Å². The van der Waals surface area contributed by atoms with E-state index in [0.29, 0.717) is 23.1 Å². The quantitative estimate of drug-likeness (QED) is 0.701. The first-order valence-electron chi connectivity index (χ1n) is 3.78. The molecule has 0 unspecified atom stereocenters. The highest BCUT2D eigenvalue weighted by Crippen LogP contribution is 2.20. The lowest BCUT2D eigenvalue weighted by molar-refractivity contribution is 0.425. The zero-order valence-corrected chi connectivity index (χ0v) is 7.06. The number of hydrogen-bond acceptors (Lipinski definition) is 5. The molecule has 0 radical (unpaired) electrons. The van der Waals surface area contributed by atoms with Gasteiger partial charge in [-0.2, -0.15) is 4.98 Å². The van der Waals surface area contributed by atoms with E-state index < -0.39 is 0 Å². The highest BCUT2D eigenvalue weighted by atomic mass is 16.5. The second-order valence-electron chi connectivity index (χ2n) is 2.58. The van der Waals surface area contributed by atoms with Crippen molar-refractivity contribution >= 4 is 5.82 Å². The molecule has 0 aliphatic rings. The number of aryl methyl sites for hydroxylation is 1. The SMILES string of the molecule is Cc1noc(-c2cccnc2N)n1. The van der Waals surface area contributed by atoms with Crippen molar-refractivity contribution in [3.8, 4) is 11.5 Å². The Balaban J connectivity index is 2.52. The Morgan fingerprint density at radius 2 is 2.31 bits per heavy atom. The number of nitrogens with zero attached hydrogens (tertiary/aromatic N) is 3. The van der Waals surface area contributed by atoms with Crippen molar-refractivity contribution in [2.75, 3.05) is 5.73 Å². The van der Waals surface area contributed by atoms with Crippen molar-refractivity contribution < 1.29 is 4.52 Å². The normalized spacial score (nSPS) is 10.2. The summed E-state index contributed by atoms with van der Waals surface area (Å²) >= 11 is 0. The zero-order valence-electron chi connectivity index (χ0n) is 7.06. The Morgan fingerprint density at radius 1 is 1.46 bits per heavy atom. The Kier molecular flexibility index (Phi) is 1.70. The van der Waals surface area contributed by atoms with Crippen LogP contribution in [0.15, 0.2) is 22.9 Å². The fraction of sp³-hybridized carbons (Fsp3) is 0.125. The van der Waals surface area contributed by atoms with Crippen molar-refractivity contribution in [3.63, 3.8) is 0 Å². The van der Waals surface area contributed by atoms with Crippen LogP contribution in [0.1, 0.15) is 5.82 Å². The summed E-state index contributed by atoms with van der Waals surface area (Å²) in [6.45, 7) is 1.75. The van der Waals surface area contributed by atoms with Crippen LogP contribution in [-0.4, -0.2) is 15.1 Å². The van der Waals surface area contributed by atoms with Crippen LogP contribution in [0.5, 0.6) is 0 Å². The van der Waals surface area contributed by atoms with Crippen LogP contribution in [0.4, 0.5) is 5.82 Å². The summed E-state index contributed by atoms with van der Waals surface area (Å²) in [5, 5.41) is 3.66. The average molecular weight is 176 g/mol. The molecule has 0 saturated carbocycles. The lowest BCUT2D eigenvalue weighted by Gasteiger charge is -1.96. The van der Waals surface area contributed by atoms with Crippen LogP contribution < -0.4 is 5.73 Å². The highest BCUT2D eigenvalue weighted by Gasteiger charge is 2.09. The minimum atomic E-state index is 0.395. The number of nitrogen functional groups attached to an aromatic ring is 1. The molecule has 0 bridgehead atoms. The number of nitrogens with two attached hydrogens (primary N) is 1. The van der Waals surface area contributed by atoms with Crippen LogP contribution >= 0.6 is 0 Å². The topological polar surface area (TPSA) is 77.8 Å². The molecule has 0 aromatic carbocycles. The third-order valence-corrected chi connectivity index (χ3v) is 1.60. The Morgan fingerprint density at radius 3 is 2.92 bits per heavy atom. The Bertz CT molecular complexity index is 424. The van der Waals surface area contributed by atoms with Crippen LogP contribution in [0.3, 0.4) is 0 Å². The number of anilines is 1. The van der Waals surface area contributed by atoms with E-state index in [1.807, 2.05) is 0 Å². The first-order chi connectivity index (χ1) is 6.27. The van der Waals surface area contributed by atoms with E-state index in [4.69, 9.17) is 10.3 Å². The summed E-state index contributed by atoms with van der Waals surface area (Å²) in [4.78, 5) is 7.96. The van der Waals surface area contributed by atoms with E-state index in [9.17, 15) is 0 Å². The van der Waals surface area contributed by atoms with Crippen LogP contribution in [0.2, 0.25) is 0 Å². The maximum atomic E-state index is 5.62. The molecule has 0 saturated heterocycles. The van der Waals surface area contributed by atoms with Gasteiger partial charge in [0.1, 0.15) is 5.82 Å². The van der Waals surface area contributed by atoms with Gasteiger partial charge in [-0.15, -0.1) is 0 Å². The summed E-state index contributed by atoms with van der Waals surface area (Å²) in [7, 11) is 0. The van der Waals surface area contributed by atoms with Gasteiger partial charge in [0.05, 0.1) is 5.56 Å². The summed E-state index contributed by atoms with van der Waals surface area (Å²) in [5.74, 6) is 1.38. The van der Waals surface area contributed by atoms with Gasteiger partial charge in [0.2, 0.25) is 0 Å². The summed E-state index contributed by atoms with van der Waals surface area (Å²) in [5.41, 5.74) is 6.29. The minimum Gasteiger partial charge on any atom is -0.383 e. The van der Waals surface area contributed by atoms with Gasteiger partial charge in [-0.1, -0.05) is 5.16 Å². The number of hydrogen-bond donors (Lipinski definition) is 1. The van der Waals surface area contributed by atoms with E-state index in [-0.39, 0.29) is 0 Å². The molecule has 0 aliphatic carbocycles. The first kappa shape index (κ1) is 7.72. The monoisotopic (exact) mass is 176 g/mol. The molecule has 0 fully saturated rings. The lowest BCUT2D eigenvalue weighted by atomic mass is 10.2. The zero-order chi connectivity index (χ0) is 9.26. The molecule has 2 aromatic heterocycles. The number of aromatic nitrogens is 3. The molecule has 2 rings (SSSR count). The van der Waals surface area contributed by atoms with Gasteiger partial charge in [0, 0.05) is 6.20 Å². The Labute approximate surface area is 74.6 Å². The molecule has 0 aliphatic heterocycles. The Hall–Kier alpha value is -1.91. The van der Waals surface area contributed by atoms with E-state index in [1.54, 1.807) is 25.3 Å². The maximum Gasteiger partial charge on any atom is 0.261 e.